The molecule has 3 nitrogen and oxygen atoms in total. The standard InChI is InChI=1S/C10H11ClFNO2/c11-7-3-6(9(14)4-8(7)12)10-5-13-1-2-15-10/h3-4,10,13-14H,1-2,5H2. The van der Waals surface area contributed by atoms with Crippen LogP contribution in [0.2, 0.25) is 5.02 Å². The number of phenolic OH excluding ortho intramolecular Hbond substituents is 1. The van der Waals surface area contributed by atoms with Gasteiger partial charge in [0.2, 0.25) is 0 Å². The molecule has 1 aromatic carbocycles. The SMILES string of the molecule is Oc1cc(F)c(Cl)cc1C1CNCCO1. The number of benzene rings is 1. The summed E-state index contributed by atoms with van der Waals surface area (Å²) in [5, 5.41) is 12.7. The molecule has 5 heteroatoms. The summed E-state index contributed by atoms with van der Waals surface area (Å²) in [5.74, 6) is -0.743. The van der Waals surface area contributed by atoms with Crippen molar-refractivity contribution in [1.82, 2.24) is 5.32 Å². The van der Waals surface area contributed by atoms with E-state index in [9.17, 15) is 9.50 Å². The van der Waals surface area contributed by atoms with Crippen LogP contribution in [0.3, 0.4) is 0 Å². The first-order valence-corrected chi connectivity index (χ1v) is 5.06. The average molecular weight is 232 g/mol. The van der Waals surface area contributed by atoms with E-state index in [0.717, 1.165) is 12.6 Å². The van der Waals surface area contributed by atoms with Crippen molar-refractivity contribution < 1.29 is 14.2 Å². The molecular formula is C10H11ClFNO2. The monoisotopic (exact) mass is 231 g/mol. The van der Waals surface area contributed by atoms with Crippen molar-refractivity contribution in [3.8, 4) is 5.75 Å². The fourth-order valence-corrected chi connectivity index (χ4v) is 1.75. The molecule has 1 aliphatic rings. The second-order valence-corrected chi connectivity index (χ2v) is 3.80. The quantitative estimate of drug-likeness (QED) is 0.775. The summed E-state index contributed by atoms with van der Waals surface area (Å²) in [7, 11) is 0. The van der Waals surface area contributed by atoms with Gasteiger partial charge in [-0.25, -0.2) is 4.39 Å². The van der Waals surface area contributed by atoms with Crippen LogP contribution in [0, 0.1) is 5.82 Å². The van der Waals surface area contributed by atoms with E-state index in [2.05, 4.69) is 5.32 Å². The maximum atomic E-state index is 13.0. The van der Waals surface area contributed by atoms with E-state index in [4.69, 9.17) is 16.3 Å². The smallest absolute Gasteiger partial charge is 0.145 e. The maximum Gasteiger partial charge on any atom is 0.145 e. The molecule has 1 aliphatic heterocycles. The number of ether oxygens (including phenoxy) is 1. The number of nitrogens with one attached hydrogen (secondary N) is 1. The van der Waals surface area contributed by atoms with Crippen molar-refractivity contribution in [1.29, 1.82) is 0 Å². The molecule has 0 saturated carbocycles. The first-order chi connectivity index (χ1) is 7.18. The Morgan fingerprint density at radius 2 is 2.33 bits per heavy atom. The Balaban J connectivity index is 2.30. The van der Waals surface area contributed by atoms with E-state index in [1.807, 2.05) is 0 Å². The van der Waals surface area contributed by atoms with Gasteiger partial charge in [0.15, 0.2) is 0 Å². The van der Waals surface area contributed by atoms with Gasteiger partial charge in [0.05, 0.1) is 17.7 Å². The van der Waals surface area contributed by atoms with Crippen molar-refractivity contribution in [3.63, 3.8) is 0 Å². The van der Waals surface area contributed by atoms with Crippen LogP contribution in [-0.4, -0.2) is 24.8 Å². The molecule has 0 aliphatic carbocycles. The number of halogens is 2. The van der Waals surface area contributed by atoms with Crippen molar-refractivity contribution in [2.24, 2.45) is 0 Å². The lowest BCUT2D eigenvalue weighted by Gasteiger charge is -2.24. The molecule has 1 saturated heterocycles. The highest BCUT2D eigenvalue weighted by Crippen LogP contribution is 2.31. The summed E-state index contributed by atoms with van der Waals surface area (Å²) in [6, 6.07) is 2.42. The normalized spacial score (nSPS) is 21.6. The van der Waals surface area contributed by atoms with Crippen molar-refractivity contribution in [2.75, 3.05) is 19.7 Å². The minimum absolute atomic E-state index is 0.00280. The van der Waals surface area contributed by atoms with E-state index in [-0.39, 0.29) is 16.9 Å². The largest absolute Gasteiger partial charge is 0.507 e. The van der Waals surface area contributed by atoms with Crippen LogP contribution in [0.4, 0.5) is 4.39 Å². The van der Waals surface area contributed by atoms with Gasteiger partial charge in [-0.1, -0.05) is 11.6 Å². The molecule has 1 aromatic rings. The second-order valence-electron chi connectivity index (χ2n) is 3.39. The van der Waals surface area contributed by atoms with Crippen LogP contribution in [0.5, 0.6) is 5.75 Å². The van der Waals surface area contributed by atoms with Gasteiger partial charge in [0, 0.05) is 24.7 Å². The molecule has 0 radical (unpaired) electrons. The maximum absolute atomic E-state index is 13.0. The fraction of sp³-hybridized carbons (Fsp3) is 0.400. The minimum atomic E-state index is -0.623. The van der Waals surface area contributed by atoms with Gasteiger partial charge in [-0.3, -0.25) is 0 Å². The molecule has 1 atom stereocenters. The Labute approximate surface area is 91.8 Å². The summed E-state index contributed by atoms with van der Waals surface area (Å²) in [5.41, 5.74) is 0.522. The third-order valence-corrected chi connectivity index (χ3v) is 2.63. The summed E-state index contributed by atoms with van der Waals surface area (Å²) < 4.78 is 18.4. The molecule has 2 rings (SSSR count). The predicted molar refractivity (Wildman–Crippen MR) is 54.6 cm³/mol. The molecule has 82 valence electrons. The van der Waals surface area contributed by atoms with Gasteiger partial charge in [-0.2, -0.15) is 0 Å². The van der Waals surface area contributed by atoms with Gasteiger partial charge in [0.25, 0.3) is 0 Å². The van der Waals surface area contributed by atoms with Crippen molar-refractivity contribution in [2.45, 2.75) is 6.10 Å². The Hall–Kier alpha value is -0.840. The minimum Gasteiger partial charge on any atom is -0.507 e. The van der Waals surface area contributed by atoms with E-state index < -0.39 is 5.82 Å². The number of phenols is 1. The zero-order valence-corrected chi connectivity index (χ0v) is 8.72. The highest BCUT2D eigenvalue weighted by molar-refractivity contribution is 6.30. The van der Waals surface area contributed by atoms with E-state index in [1.54, 1.807) is 0 Å². The van der Waals surface area contributed by atoms with Gasteiger partial charge < -0.3 is 15.2 Å². The number of aromatic hydroxyl groups is 1. The molecule has 0 spiro atoms. The average Bonchev–Trinajstić information content (AvgIpc) is 2.25. The molecule has 0 bridgehead atoms. The number of rotatable bonds is 1. The summed E-state index contributed by atoms with van der Waals surface area (Å²) >= 11 is 5.64. The van der Waals surface area contributed by atoms with Crippen LogP contribution < -0.4 is 5.32 Å². The molecule has 1 heterocycles. The molecule has 1 unspecified atom stereocenters. The first kappa shape index (κ1) is 10.7. The van der Waals surface area contributed by atoms with E-state index in [1.165, 1.54) is 6.07 Å². The molecular weight excluding hydrogens is 221 g/mol. The summed E-state index contributed by atoms with van der Waals surface area (Å²) in [4.78, 5) is 0. The zero-order chi connectivity index (χ0) is 10.8. The van der Waals surface area contributed by atoms with Crippen LogP contribution in [0.25, 0.3) is 0 Å². The molecule has 1 fully saturated rings. The Bertz CT molecular complexity index is 367. The molecule has 2 N–H and O–H groups in total. The highest BCUT2D eigenvalue weighted by Gasteiger charge is 2.20. The second kappa shape index (κ2) is 4.35. The number of hydrogen-bond acceptors (Lipinski definition) is 3. The van der Waals surface area contributed by atoms with Gasteiger partial charge >= 0.3 is 0 Å². The van der Waals surface area contributed by atoms with Crippen LogP contribution in [0.15, 0.2) is 12.1 Å². The fourth-order valence-electron chi connectivity index (χ4n) is 1.57. The number of morpholine rings is 1. The highest BCUT2D eigenvalue weighted by atomic mass is 35.5. The lowest BCUT2D eigenvalue weighted by atomic mass is 10.1. The van der Waals surface area contributed by atoms with Crippen LogP contribution in [-0.2, 0) is 4.74 Å². The van der Waals surface area contributed by atoms with Crippen LogP contribution >= 0.6 is 11.6 Å². The molecule has 15 heavy (non-hydrogen) atoms. The third kappa shape index (κ3) is 2.22. The Kier molecular flexibility index (Phi) is 3.09. The lowest BCUT2D eigenvalue weighted by Crippen LogP contribution is -2.33. The van der Waals surface area contributed by atoms with Gasteiger partial charge in [-0.15, -0.1) is 0 Å². The lowest BCUT2D eigenvalue weighted by molar-refractivity contribution is 0.0263. The summed E-state index contributed by atoms with van der Waals surface area (Å²) in [6.45, 7) is 1.95. The van der Waals surface area contributed by atoms with Gasteiger partial charge in [-0.05, 0) is 6.07 Å². The molecule has 0 aromatic heterocycles. The van der Waals surface area contributed by atoms with Gasteiger partial charge in [0.1, 0.15) is 11.6 Å². The van der Waals surface area contributed by atoms with Crippen molar-refractivity contribution >= 4 is 11.6 Å². The Morgan fingerprint density at radius 3 is 3.00 bits per heavy atom. The number of hydrogen-bond donors (Lipinski definition) is 2. The predicted octanol–water partition coefficient (Wildman–Crippen LogP) is 1.85. The van der Waals surface area contributed by atoms with E-state index >= 15 is 0 Å². The molecule has 0 amide bonds. The Morgan fingerprint density at radius 1 is 1.53 bits per heavy atom. The third-order valence-electron chi connectivity index (χ3n) is 2.34. The van der Waals surface area contributed by atoms with E-state index in [0.29, 0.717) is 18.7 Å². The topological polar surface area (TPSA) is 41.5 Å². The zero-order valence-electron chi connectivity index (χ0n) is 7.96. The van der Waals surface area contributed by atoms with Crippen LogP contribution in [0.1, 0.15) is 11.7 Å². The van der Waals surface area contributed by atoms with Crippen molar-refractivity contribution in [3.05, 3.63) is 28.5 Å². The first-order valence-electron chi connectivity index (χ1n) is 4.68. The summed E-state index contributed by atoms with van der Waals surface area (Å²) in [6.07, 6.45) is -0.267.